The Morgan fingerprint density at radius 2 is 2.08 bits per heavy atom. The molecule has 0 radical (unpaired) electrons. The minimum atomic E-state index is 0.532. The van der Waals surface area contributed by atoms with Crippen molar-refractivity contribution < 1.29 is 0 Å². The van der Waals surface area contributed by atoms with E-state index in [9.17, 15) is 0 Å². The maximum atomic E-state index is 3.93. The minimum Gasteiger partial charge on any atom is -0.343 e. The summed E-state index contributed by atoms with van der Waals surface area (Å²) in [5.74, 6) is 0. The summed E-state index contributed by atoms with van der Waals surface area (Å²) >= 11 is 0. The summed E-state index contributed by atoms with van der Waals surface area (Å²) in [7, 11) is 0. The Hall–Kier alpha value is -1.80. The van der Waals surface area contributed by atoms with E-state index in [1.165, 1.54) is 35.0 Å². The molecule has 0 bridgehead atoms. The van der Waals surface area contributed by atoms with Gasteiger partial charge in [0, 0.05) is 35.7 Å². The number of nitrogens with one attached hydrogen (secondary N) is 1. The van der Waals surface area contributed by atoms with Crippen molar-refractivity contribution >= 4 is 17.0 Å². The van der Waals surface area contributed by atoms with E-state index in [1.54, 1.807) is 0 Å². The number of rotatable bonds is 9. The average Bonchev–Trinajstić information content (AvgIpc) is 2.87. The third kappa shape index (κ3) is 5.10. The van der Waals surface area contributed by atoms with Gasteiger partial charge >= 0.3 is 0 Å². The van der Waals surface area contributed by atoms with Crippen LogP contribution < -0.4 is 5.32 Å². The van der Waals surface area contributed by atoms with Crippen molar-refractivity contribution in [3.8, 4) is 0 Å². The highest BCUT2D eigenvalue weighted by atomic mass is 15.0. The van der Waals surface area contributed by atoms with Crippen LogP contribution in [0.2, 0.25) is 0 Å². The molecule has 2 nitrogen and oxygen atoms in total. The van der Waals surface area contributed by atoms with Crippen LogP contribution in [-0.4, -0.2) is 17.2 Å². The lowest BCUT2D eigenvalue weighted by Gasteiger charge is -2.13. The molecule has 0 saturated heterocycles. The van der Waals surface area contributed by atoms with Crippen LogP contribution in [-0.2, 0) is 13.0 Å². The van der Waals surface area contributed by atoms with Crippen LogP contribution in [0.5, 0.6) is 0 Å². The Morgan fingerprint density at radius 1 is 1.29 bits per heavy atom. The summed E-state index contributed by atoms with van der Waals surface area (Å²) < 4.78 is 2.49. The van der Waals surface area contributed by atoms with Crippen LogP contribution in [0.1, 0.15) is 51.8 Å². The Labute approximate surface area is 147 Å². The maximum absolute atomic E-state index is 3.93. The summed E-state index contributed by atoms with van der Waals surface area (Å²) in [5, 5.41) is 4.88. The molecule has 1 heterocycles. The molecule has 2 aromatic rings. The number of fused-ring (bicyclic) bond motifs is 1. The van der Waals surface area contributed by atoms with Crippen molar-refractivity contribution in [2.45, 2.75) is 59.5 Å². The predicted octanol–water partition coefficient (Wildman–Crippen LogP) is 5.57. The number of unbranched alkanes of at least 4 members (excludes halogenated alkanes) is 1. The summed E-state index contributed by atoms with van der Waals surface area (Å²) in [5.41, 5.74) is 5.12. The molecule has 0 fully saturated rings. The van der Waals surface area contributed by atoms with Crippen LogP contribution in [0.4, 0.5) is 0 Å². The zero-order valence-electron chi connectivity index (χ0n) is 15.7. The normalized spacial score (nSPS) is 11.9. The molecule has 1 aromatic heterocycles. The highest BCUT2D eigenvalue weighted by Crippen LogP contribution is 2.23. The standard InChI is InChI=1S/C22H32N2/c1-6-7-8-21-16-20-15-19(10-9-17(2)3)11-12-22(20)24(21)14-13-23-18(4)5/h9-12,15-16,18,23H,2,6-8,13-14H2,1,3-5H3/b10-9+. The number of hydrogen-bond donors (Lipinski definition) is 1. The van der Waals surface area contributed by atoms with Gasteiger partial charge in [-0.1, -0.05) is 57.6 Å². The van der Waals surface area contributed by atoms with Gasteiger partial charge in [0.2, 0.25) is 0 Å². The fraction of sp³-hybridized carbons (Fsp3) is 0.455. The third-order valence-electron chi connectivity index (χ3n) is 4.25. The molecule has 0 saturated carbocycles. The molecule has 0 spiro atoms. The highest BCUT2D eigenvalue weighted by molar-refractivity contribution is 5.84. The molecule has 130 valence electrons. The molecule has 24 heavy (non-hydrogen) atoms. The summed E-state index contributed by atoms with van der Waals surface area (Å²) in [6.45, 7) is 14.7. The van der Waals surface area contributed by atoms with Gasteiger partial charge in [-0.05, 0) is 43.5 Å². The Balaban J connectivity index is 2.31. The first-order valence-corrected chi connectivity index (χ1v) is 9.20. The van der Waals surface area contributed by atoms with Crippen molar-refractivity contribution in [2.24, 2.45) is 0 Å². The van der Waals surface area contributed by atoms with Gasteiger partial charge in [0.05, 0.1) is 0 Å². The quantitative estimate of drug-likeness (QED) is 0.597. The number of benzene rings is 1. The number of aryl methyl sites for hydroxylation is 1. The van der Waals surface area contributed by atoms with Gasteiger partial charge in [0.25, 0.3) is 0 Å². The van der Waals surface area contributed by atoms with Gasteiger partial charge < -0.3 is 9.88 Å². The molecule has 0 aliphatic carbocycles. The van der Waals surface area contributed by atoms with E-state index in [4.69, 9.17) is 0 Å². The van der Waals surface area contributed by atoms with E-state index in [1.807, 2.05) is 6.92 Å². The van der Waals surface area contributed by atoms with Gasteiger partial charge in [-0.15, -0.1) is 0 Å². The smallest absolute Gasteiger partial charge is 0.0483 e. The third-order valence-corrected chi connectivity index (χ3v) is 4.25. The van der Waals surface area contributed by atoms with Crippen molar-refractivity contribution in [3.63, 3.8) is 0 Å². The van der Waals surface area contributed by atoms with Crippen LogP contribution >= 0.6 is 0 Å². The second-order valence-corrected chi connectivity index (χ2v) is 7.00. The minimum absolute atomic E-state index is 0.532. The van der Waals surface area contributed by atoms with Crippen molar-refractivity contribution in [3.05, 3.63) is 53.8 Å². The summed E-state index contributed by atoms with van der Waals surface area (Å²) in [4.78, 5) is 0. The van der Waals surface area contributed by atoms with Gasteiger partial charge in [0.15, 0.2) is 0 Å². The molecular formula is C22H32N2. The largest absolute Gasteiger partial charge is 0.343 e. The second-order valence-electron chi connectivity index (χ2n) is 7.00. The molecule has 0 unspecified atom stereocenters. The number of aromatic nitrogens is 1. The molecular weight excluding hydrogens is 292 g/mol. The molecule has 0 amide bonds. The molecule has 0 aliphatic heterocycles. The van der Waals surface area contributed by atoms with Crippen molar-refractivity contribution in [1.82, 2.24) is 9.88 Å². The van der Waals surface area contributed by atoms with Gasteiger partial charge in [-0.3, -0.25) is 0 Å². The first-order valence-electron chi connectivity index (χ1n) is 9.20. The second kappa shape index (κ2) is 8.89. The lowest BCUT2D eigenvalue weighted by Crippen LogP contribution is -2.27. The number of nitrogens with zero attached hydrogens (tertiary/aromatic N) is 1. The number of hydrogen-bond acceptors (Lipinski definition) is 1. The van der Waals surface area contributed by atoms with E-state index in [0.717, 1.165) is 25.1 Å². The molecule has 1 aromatic carbocycles. The summed E-state index contributed by atoms with van der Waals surface area (Å²) in [6, 6.07) is 9.66. The maximum Gasteiger partial charge on any atom is 0.0483 e. The average molecular weight is 325 g/mol. The Kier molecular flexibility index (Phi) is 6.86. The Morgan fingerprint density at radius 3 is 2.75 bits per heavy atom. The lowest BCUT2D eigenvalue weighted by molar-refractivity contribution is 0.538. The number of allylic oxidation sites excluding steroid dienone is 2. The summed E-state index contributed by atoms with van der Waals surface area (Å²) in [6.07, 6.45) is 7.85. The van der Waals surface area contributed by atoms with Crippen LogP contribution in [0.15, 0.2) is 42.5 Å². The highest BCUT2D eigenvalue weighted by Gasteiger charge is 2.09. The fourth-order valence-electron chi connectivity index (χ4n) is 2.98. The van der Waals surface area contributed by atoms with Crippen molar-refractivity contribution in [1.29, 1.82) is 0 Å². The molecule has 1 N–H and O–H groups in total. The van der Waals surface area contributed by atoms with E-state index < -0.39 is 0 Å². The monoisotopic (exact) mass is 324 g/mol. The molecule has 2 rings (SSSR count). The first-order chi connectivity index (χ1) is 11.5. The van der Waals surface area contributed by atoms with Crippen LogP contribution in [0, 0.1) is 0 Å². The van der Waals surface area contributed by atoms with Crippen molar-refractivity contribution in [2.75, 3.05) is 6.54 Å². The van der Waals surface area contributed by atoms with E-state index in [0.29, 0.717) is 6.04 Å². The molecule has 2 heteroatoms. The van der Waals surface area contributed by atoms with E-state index >= 15 is 0 Å². The fourth-order valence-corrected chi connectivity index (χ4v) is 2.98. The van der Waals surface area contributed by atoms with Gasteiger partial charge in [-0.2, -0.15) is 0 Å². The SMILES string of the molecule is C=C(C)/C=C/c1ccc2c(c1)cc(CCCC)n2CCNC(C)C. The zero-order chi connectivity index (χ0) is 17.5. The topological polar surface area (TPSA) is 17.0 Å². The lowest BCUT2D eigenvalue weighted by atomic mass is 10.1. The zero-order valence-corrected chi connectivity index (χ0v) is 15.7. The van der Waals surface area contributed by atoms with Gasteiger partial charge in [0.1, 0.15) is 0 Å². The van der Waals surface area contributed by atoms with Crippen LogP contribution in [0.3, 0.4) is 0 Å². The van der Waals surface area contributed by atoms with E-state index in [-0.39, 0.29) is 0 Å². The van der Waals surface area contributed by atoms with Crippen LogP contribution in [0.25, 0.3) is 17.0 Å². The van der Waals surface area contributed by atoms with E-state index in [2.05, 4.69) is 73.7 Å². The first kappa shape index (κ1) is 18.5. The molecule has 0 aliphatic rings. The van der Waals surface area contributed by atoms with Gasteiger partial charge in [-0.25, -0.2) is 0 Å². The predicted molar refractivity (Wildman–Crippen MR) is 108 cm³/mol. The Bertz CT molecular complexity index is 704. The molecule has 0 atom stereocenters.